The lowest BCUT2D eigenvalue weighted by Gasteiger charge is -2.05. The number of fused-ring (bicyclic) bond motifs is 1. The SMILES string of the molecule is Cn1cnc(COc2nn3c(-c4ccccc4F)nncc3c2-c2ccccc2)n1. The van der Waals surface area contributed by atoms with Crippen LogP contribution >= 0.6 is 0 Å². The fourth-order valence-corrected chi connectivity index (χ4v) is 3.24. The Labute approximate surface area is 170 Å². The number of aryl methyl sites for hydroxylation is 1. The van der Waals surface area contributed by atoms with E-state index in [4.69, 9.17) is 4.74 Å². The van der Waals surface area contributed by atoms with Gasteiger partial charge < -0.3 is 4.74 Å². The largest absolute Gasteiger partial charge is 0.468 e. The summed E-state index contributed by atoms with van der Waals surface area (Å²) < 4.78 is 23.6. The Hall–Kier alpha value is -4.14. The van der Waals surface area contributed by atoms with Gasteiger partial charge in [0.15, 0.2) is 18.3 Å². The molecule has 0 amide bonds. The van der Waals surface area contributed by atoms with Gasteiger partial charge in [0.2, 0.25) is 5.88 Å². The molecular formula is C21H16FN7O. The number of aromatic nitrogens is 7. The number of halogens is 1. The topological polar surface area (TPSA) is 83.0 Å². The van der Waals surface area contributed by atoms with E-state index < -0.39 is 5.82 Å². The second-order valence-corrected chi connectivity index (χ2v) is 6.61. The van der Waals surface area contributed by atoms with Crippen molar-refractivity contribution in [2.75, 3.05) is 0 Å². The summed E-state index contributed by atoms with van der Waals surface area (Å²) in [5, 5.41) is 17.0. The molecule has 5 rings (SSSR count). The minimum absolute atomic E-state index is 0.139. The third-order valence-electron chi connectivity index (χ3n) is 4.58. The van der Waals surface area contributed by atoms with E-state index in [0.717, 1.165) is 11.1 Å². The lowest BCUT2D eigenvalue weighted by Crippen LogP contribution is -2.02. The zero-order valence-electron chi connectivity index (χ0n) is 16.0. The average molecular weight is 401 g/mol. The minimum Gasteiger partial charge on any atom is -0.468 e. The van der Waals surface area contributed by atoms with Crippen LogP contribution in [0.3, 0.4) is 0 Å². The van der Waals surface area contributed by atoms with Gasteiger partial charge in [0, 0.05) is 7.05 Å². The highest BCUT2D eigenvalue weighted by Crippen LogP contribution is 2.35. The number of hydrogen-bond acceptors (Lipinski definition) is 6. The predicted octanol–water partition coefficient (Wildman–Crippen LogP) is 3.30. The molecule has 0 saturated carbocycles. The van der Waals surface area contributed by atoms with Crippen LogP contribution in [0, 0.1) is 5.82 Å². The summed E-state index contributed by atoms with van der Waals surface area (Å²) >= 11 is 0. The number of rotatable bonds is 5. The van der Waals surface area contributed by atoms with E-state index in [1.807, 2.05) is 30.3 Å². The quantitative estimate of drug-likeness (QED) is 0.449. The van der Waals surface area contributed by atoms with Gasteiger partial charge in [-0.3, -0.25) is 4.68 Å². The van der Waals surface area contributed by atoms with Crippen molar-refractivity contribution in [2.24, 2.45) is 7.05 Å². The Morgan fingerprint density at radius 3 is 2.57 bits per heavy atom. The van der Waals surface area contributed by atoms with Crippen molar-refractivity contribution in [1.82, 2.24) is 34.6 Å². The van der Waals surface area contributed by atoms with Crippen molar-refractivity contribution < 1.29 is 9.13 Å². The van der Waals surface area contributed by atoms with E-state index in [1.54, 1.807) is 47.0 Å². The van der Waals surface area contributed by atoms with E-state index in [2.05, 4.69) is 25.4 Å². The second kappa shape index (κ2) is 7.36. The predicted molar refractivity (Wildman–Crippen MR) is 107 cm³/mol. The molecule has 0 N–H and O–H groups in total. The molecule has 0 saturated heterocycles. The summed E-state index contributed by atoms with van der Waals surface area (Å²) in [4.78, 5) is 4.18. The normalized spacial score (nSPS) is 11.1. The van der Waals surface area contributed by atoms with Gasteiger partial charge >= 0.3 is 0 Å². The highest BCUT2D eigenvalue weighted by molar-refractivity contribution is 5.85. The molecule has 0 fully saturated rings. The van der Waals surface area contributed by atoms with Crippen molar-refractivity contribution in [3.8, 4) is 28.4 Å². The third-order valence-corrected chi connectivity index (χ3v) is 4.58. The first kappa shape index (κ1) is 17.9. The van der Waals surface area contributed by atoms with Crippen molar-refractivity contribution in [3.05, 3.63) is 78.8 Å². The van der Waals surface area contributed by atoms with E-state index >= 15 is 0 Å². The Morgan fingerprint density at radius 1 is 1.00 bits per heavy atom. The molecule has 0 aliphatic rings. The van der Waals surface area contributed by atoms with Gasteiger partial charge in [-0.05, 0) is 17.7 Å². The van der Waals surface area contributed by atoms with Gasteiger partial charge in [-0.1, -0.05) is 42.5 Å². The maximum Gasteiger partial charge on any atom is 0.242 e. The molecule has 30 heavy (non-hydrogen) atoms. The van der Waals surface area contributed by atoms with Crippen molar-refractivity contribution in [2.45, 2.75) is 6.61 Å². The van der Waals surface area contributed by atoms with Crippen molar-refractivity contribution in [1.29, 1.82) is 0 Å². The number of nitrogens with zero attached hydrogens (tertiary/aromatic N) is 7. The van der Waals surface area contributed by atoms with E-state index in [1.165, 1.54) is 6.07 Å². The summed E-state index contributed by atoms with van der Waals surface area (Å²) in [6, 6.07) is 16.1. The molecule has 2 aromatic carbocycles. The number of hydrogen-bond donors (Lipinski definition) is 0. The van der Waals surface area contributed by atoms with Crippen LogP contribution in [0.4, 0.5) is 4.39 Å². The summed E-state index contributed by atoms with van der Waals surface area (Å²) in [6.07, 6.45) is 3.19. The summed E-state index contributed by atoms with van der Waals surface area (Å²) in [5.41, 5.74) is 2.58. The van der Waals surface area contributed by atoms with Crippen LogP contribution in [0.5, 0.6) is 5.88 Å². The van der Waals surface area contributed by atoms with Crippen LogP contribution in [0.1, 0.15) is 5.82 Å². The summed E-state index contributed by atoms with van der Waals surface area (Å²) in [7, 11) is 1.79. The summed E-state index contributed by atoms with van der Waals surface area (Å²) in [5.74, 6) is 0.769. The van der Waals surface area contributed by atoms with Gasteiger partial charge in [-0.2, -0.15) is 10.2 Å². The molecule has 0 atom stereocenters. The van der Waals surface area contributed by atoms with Gasteiger partial charge in [0.25, 0.3) is 0 Å². The van der Waals surface area contributed by atoms with Gasteiger partial charge in [-0.15, -0.1) is 10.2 Å². The molecule has 0 radical (unpaired) electrons. The Morgan fingerprint density at radius 2 is 1.80 bits per heavy atom. The van der Waals surface area contributed by atoms with E-state index in [-0.39, 0.29) is 12.4 Å². The highest BCUT2D eigenvalue weighted by Gasteiger charge is 2.21. The molecule has 148 valence electrons. The third kappa shape index (κ3) is 3.16. The number of benzene rings is 2. The monoisotopic (exact) mass is 401 g/mol. The molecule has 5 aromatic rings. The molecule has 0 spiro atoms. The highest BCUT2D eigenvalue weighted by atomic mass is 19.1. The second-order valence-electron chi connectivity index (χ2n) is 6.61. The Bertz CT molecular complexity index is 1330. The minimum atomic E-state index is -0.406. The lowest BCUT2D eigenvalue weighted by molar-refractivity contribution is 0.283. The van der Waals surface area contributed by atoms with Crippen LogP contribution in [-0.4, -0.2) is 34.6 Å². The smallest absolute Gasteiger partial charge is 0.242 e. The fourth-order valence-electron chi connectivity index (χ4n) is 3.24. The first-order valence-electron chi connectivity index (χ1n) is 9.23. The van der Waals surface area contributed by atoms with E-state index in [0.29, 0.717) is 22.8 Å². The molecule has 8 nitrogen and oxygen atoms in total. The molecule has 9 heteroatoms. The fraction of sp³-hybridized carbons (Fsp3) is 0.0952. The van der Waals surface area contributed by atoms with Crippen molar-refractivity contribution >= 4 is 5.52 Å². The molecule has 0 bridgehead atoms. The van der Waals surface area contributed by atoms with Crippen LogP contribution < -0.4 is 4.74 Å². The first-order chi connectivity index (χ1) is 14.7. The van der Waals surface area contributed by atoms with Crippen LogP contribution in [-0.2, 0) is 13.7 Å². The molecule has 0 aliphatic carbocycles. The number of ether oxygens (including phenoxy) is 1. The molecule has 0 unspecified atom stereocenters. The Balaban J connectivity index is 1.68. The zero-order chi connectivity index (χ0) is 20.5. The maximum absolute atomic E-state index is 14.4. The van der Waals surface area contributed by atoms with Crippen LogP contribution in [0.2, 0.25) is 0 Å². The van der Waals surface area contributed by atoms with Gasteiger partial charge in [-0.25, -0.2) is 13.9 Å². The zero-order valence-corrected chi connectivity index (χ0v) is 16.0. The molecular weight excluding hydrogens is 385 g/mol. The maximum atomic E-state index is 14.4. The van der Waals surface area contributed by atoms with E-state index in [9.17, 15) is 4.39 Å². The molecule has 0 aliphatic heterocycles. The van der Waals surface area contributed by atoms with Gasteiger partial charge in [0.1, 0.15) is 17.7 Å². The van der Waals surface area contributed by atoms with Crippen LogP contribution in [0.25, 0.3) is 28.0 Å². The first-order valence-corrected chi connectivity index (χ1v) is 9.23. The van der Waals surface area contributed by atoms with Crippen molar-refractivity contribution in [3.63, 3.8) is 0 Å². The lowest BCUT2D eigenvalue weighted by atomic mass is 10.1. The Kier molecular flexibility index (Phi) is 4.40. The summed E-state index contributed by atoms with van der Waals surface area (Å²) in [6.45, 7) is 0.139. The average Bonchev–Trinajstić information content (AvgIpc) is 3.36. The standard InChI is InChI=1S/C21H16FN7O/c1-28-13-23-18(26-28)12-30-21-19(14-7-3-2-4-8-14)17-11-24-25-20(29(17)27-21)15-9-5-6-10-16(15)22/h2-11,13H,12H2,1H3. The van der Waals surface area contributed by atoms with Gasteiger partial charge in [0.05, 0.1) is 17.3 Å². The molecule has 3 heterocycles. The van der Waals surface area contributed by atoms with Crippen LogP contribution in [0.15, 0.2) is 67.1 Å². The molecule has 3 aromatic heterocycles.